The normalized spacial score (nSPS) is 31.3. The van der Waals surface area contributed by atoms with Crippen molar-refractivity contribution in [2.75, 3.05) is 38.8 Å². The Bertz CT molecular complexity index is 882. The molecule has 0 aromatic heterocycles. The fourth-order valence-corrected chi connectivity index (χ4v) is 4.48. The quantitative estimate of drug-likeness (QED) is 0.201. The molecule has 0 aliphatic carbocycles. The van der Waals surface area contributed by atoms with E-state index >= 15 is 0 Å². The third-order valence-electron chi connectivity index (χ3n) is 5.35. The van der Waals surface area contributed by atoms with Gasteiger partial charge in [0.05, 0.1) is 26.4 Å². The lowest BCUT2D eigenvalue weighted by Gasteiger charge is -2.39. The van der Waals surface area contributed by atoms with Crippen LogP contribution in [0.1, 0.15) is 12.5 Å². The molecule has 3 rings (SSSR count). The number of aliphatic hydroxyl groups excluding tert-OH is 4. The summed E-state index contributed by atoms with van der Waals surface area (Å²) in [6.07, 6.45) is -6.68. The van der Waals surface area contributed by atoms with Crippen molar-refractivity contribution in [1.82, 2.24) is 0 Å². The van der Waals surface area contributed by atoms with Crippen LogP contribution >= 0.6 is 11.8 Å². The highest BCUT2D eigenvalue weighted by atomic mass is 32.2. The first-order valence-corrected chi connectivity index (χ1v) is 11.6. The van der Waals surface area contributed by atoms with E-state index in [9.17, 15) is 30.3 Å². The molecular weight excluding hydrogens is 474 g/mol. The van der Waals surface area contributed by atoms with Gasteiger partial charge >= 0.3 is 5.97 Å². The maximum atomic E-state index is 11.3. The Morgan fingerprint density at radius 2 is 1.91 bits per heavy atom. The number of carbonyl (C=O) groups is 1. The fourth-order valence-electron chi connectivity index (χ4n) is 3.28. The standard InChI is InChI=1S/C21H29NO11S/c1-21(20(28)29)10-34-18(22-21)12-3-2-11(8-13(12)24)31-6-4-30-5-7-32-19-17(27)16(26)15(25)14(9-23)33-19/h2-3,8,14-17,19,23-27H,4-7,9-10H2,1H3,(H,28,29)/t14?,15-,16?,17?,19-,21-/m1/s1. The molecule has 0 saturated carbocycles. The molecule has 1 saturated heterocycles. The highest BCUT2D eigenvalue weighted by molar-refractivity contribution is 8.14. The first-order valence-electron chi connectivity index (χ1n) is 10.6. The molecule has 0 amide bonds. The number of ether oxygens (including phenoxy) is 4. The van der Waals surface area contributed by atoms with Crippen LogP contribution in [0.4, 0.5) is 0 Å². The maximum Gasteiger partial charge on any atom is 0.332 e. The number of carboxylic acid groups (broad SMARTS) is 1. The lowest BCUT2D eigenvalue weighted by molar-refractivity contribution is -0.302. The molecule has 1 fully saturated rings. The van der Waals surface area contributed by atoms with Crippen LogP contribution in [-0.4, -0.2) is 117 Å². The molecule has 6 N–H and O–H groups in total. The van der Waals surface area contributed by atoms with Gasteiger partial charge < -0.3 is 49.6 Å². The van der Waals surface area contributed by atoms with Crippen molar-refractivity contribution in [2.24, 2.45) is 4.99 Å². The Morgan fingerprint density at radius 1 is 1.18 bits per heavy atom. The number of aromatic hydroxyl groups is 1. The Balaban J connectivity index is 1.37. The number of carboxylic acids is 1. The Kier molecular flexibility index (Phi) is 9.12. The van der Waals surface area contributed by atoms with E-state index in [-0.39, 0.29) is 37.9 Å². The number of hydrogen-bond acceptors (Lipinski definition) is 12. The van der Waals surface area contributed by atoms with Crippen molar-refractivity contribution in [2.45, 2.75) is 43.2 Å². The van der Waals surface area contributed by atoms with E-state index in [1.54, 1.807) is 12.1 Å². The number of nitrogens with zero attached hydrogens (tertiary/aromatic N) is 1. The minimum atomic E-state index is -1.51. The lowest BCUT2D eigenvalue weighted by Crippen LogP contribution is -2.59. The zero-order chi connectivity index (χ0) is 24.9. The molecule has 34 heavy (non-hydrogen) atoms. The van der Waals surface area contributed by atoms with E-state index in [1.807, 2.05) is 0 Å². The van der Waals surface area contributed by atoms with Crippen LogP contribution in [0.2, 0.25) is 0 Å². The van der Waals surface area contributed by atoms with Crippen molar-refractivity contribution in [3.63, 3.8) is 0 Å². The van der Waals surface area contributed by atoms with E-state index in [2.05, 4.69) is 4.99 Å². The van der Waals surface area contributed by atoms with Crippen molar-refractivity contribution in [3.05, 3.63) is 23.8 Å². The number of phenols is 1. The summed E-state index contributed by atoms with van der Waals surface area (Å²) in [6.45, 7) is 1.50. The van der Waals surface area contributed by atoms with Gasteiger partial charge in [0, 0.05) is 17.4 Å². The van der Waals surface area contributed by atoms with Crippen LogP contribution in [0.15, 0.2) is 23.2 Å². The second-order valence-corrected chi connectivity index (χ2v) is 8.96. The Hall–Kier alpha value is -1.97. The summed E-state index contributed by atoms with van der Waals surface area (Å²) < 4.78 is 21.4. The molecule has 1 aromatic carbocycles. The number of aliphatic carboxylic acids is 1. The number of aliphatic imine (C=N–C) groups is 1. The predicted octanol–water partition coefficient (Wildman–Crippen LogP) is -1.06. The minimum Gasteiger partial charge on any atom is -0.507 e. The van der Waals surface area contributed by atoms with E-state index in [0.717, 1.165) is 0 Å². The van der Waals surface area contributed by atoms with Crippen LogP contribution in [0.5, 0.6) is 11.5 Å². The number of aliphatic hydroxyl groups is 4. The average Bonchev–Trinajstić information content (AvgIpc) is 3.21. The van der Waals surface area contributed by atoms with Crippen LogP contribution in [0, 0.1) is 0 Å². The predicted molar refractivity (Wildman–Crippen MR) is 119 cm³/mol. The van der Waals surface area contributed by atoms with Gasteiger partial charge in [-0.25, -0.2) is 4.79 Å². The number of benzene rings is 1. The molecule has 12 nitrogen and oxygen atoms in total. The fraction of sp³-hybridized carbons (Fsp3) is 0.619. The number of rotatable bonds is 11. The monoisotopic (exact) mass is 503 g/mol. The molecule has 2 heterocycles. The minimum absolute atomic E-state index is 0.0210. The molecule has 190 valence electrons. The molecule has 0 radical (unpaired) electrons. The second kappa shape index (κ2) is 11.6. The number of thioether (sulfide) groups is 1. The van der Waals surface area contributed by atoms with Crippen molar-refractivity contribution in [3.8, 4) is 11.5 Å². The third kappa shape index (κ3) is 6.17. The summed E-state index contributed by atoms with van der Waals surface area (Å²) in [5, 5.41) is 58.5. The van der Waals surface area contributed by atoms with Crippen LogP contribution in [-0.2, 0) is 19.0 Å². The van der Waals surface area contributed by atoms with Gasteiger partial charge in [-0.2, -0.15) is 0 Å². The largest absolute Gasteiger partial charge is 0.507 e. The van der Waals surface area contributed by atoms with Gasteiger partial charge in [0.2, 0.25) is 0 Å². The van der Waals surface area contributed by atoms with Crippen LogP contribution < -0.4 is 4.74 Å². The van der Waals surface area contributed by atoms with E-state index < -0.39 is 48.8 Å². The van der Waals surface area contributed by atoms with Gasteiger partial charge in [0.1, 0.15) is 47.6 Å². The maximum absolute atomic E-state index is 11.3. The van der Waals surface area contributed by atoms with Gasteiger partial charge in [-0.05, 0) is 19.1 Å². The molecule has 1 aromatic rings. The molecule has 2 aliphatic rings. The average molecular weight is 504 g/mol. The molecule has 3 unspecified atom stereocenters. The van der Waals surface area contributed by atoms with Crippen LogP contribution in [0.25, 0.3) is 0 Å². The summed E-state index contributed by atoms with van der Waals surface area (Å²) in [5.41, 5.74) is -0.783. The van der Waals surface area contributed by atoms with E-state index in [4.69, 9.17) is 24.1 Å². The number of hydrogen-bond donors (Lipinski definition) is 6. The van der Waals surface area contributed by atoms with Crippen molar-refractivity contribution >= 4 is 22.8 Å². The van der Waals surface area contributed by atoms with Gasteiger partial charge in [-0.3, -0.25) is 4.99 Å². The first kappa shape index (κ1) is 26.6. The van der Waals surface area contributed by atoms with Crippen molar-refractivity contribution in [1.29, 1.82) is 0 Å². The molecule has 0 bridgehead atoms. The topological polar surface area (TPSA) is 188 Å². The molecule has 6 atom stereocenters. The summed E-state index contributed by atoms with van der Waals surface area (Å²) >= 11 is 1.26. The highest BCUT2D eigenvalue weighted by Crippen LogP contribution is 2.35. The van der Waals surface area contributed by atoms with Gasteiger partial charge in [-0.1, -0.05) is 0 Å². The Morgan fingerprint density at radius 3 is 2.56 bits per heavy atom. The zero-order valence-electron chi connectivity index (χ0n) is 18.4. The SMILES string of the molecule is C[C@]1(C(=O)O)CSC(c2ccc(OCCOCCO[C@@H]3OC(CO)[C@@H](O)C(O)C3O)cc2O)=N1. The first-order chi connectivity index (χ1) is 16.2. The second-order valence-electron chi connectivity index (χ2n) is 7.99. The highest BCUT2D eigenvalue weighted by Gasteiger charge is 2.44. The summed E-state index contributed by atoms with van der Waals surface area (Å²) in [6, 6.07) is 4.66. The molecular formula is C21H29NO11S. The van der Waals surface area contributed by atoms with Gasteiger partial charge in [0.25, 0.3) is 0 Å². The summed E-state index contributed by atoms with van der Waals surface area (Å²) in [5.74, 6) is -0.417. The smallest absolute Gasteiger partial charge is 0.332 e. The summed E-state index contributed by atoms with van der Waals surface area (Å²) in [7, 11) is 0. The van der Waals surface area contributed by atoms with Crippen molar-refractivity contribution < 1.29 is 54.4 Å². The van der Waals surface area contributed by atoms with E-state index in [0.29, 0.717) is 16.4 Å². The van der Waals surface area contributed by atoms with Crippen LogP contribution in [0.3, 0.4) is 0 Å². The molecule has 2 aliphatic heterocycles. The lowest BCUT2D eigenvalue weighted by atomic mass is 9.99. The molecule has 0 spiro atoms. The van der Waals surface area contributed by atoms with E-state index in [1.165, 1.54) is 24.8 Å². The third-order valence-corrected chi connectivity index (χ3v) is 6.64. The van der Waals surface area contributed by atoms with Gasteiger partial charge in [-0.15, -0.1) is 11.8 Å². The zero-order valence-corrected chi connectivity index (χ0v) is 19.3. The molecule has 13 heteroatoms. The Labute approximate surface area is 199 Å². The number of phenolic OH excluding ortho intramolecular Hbond substituents is 1. The van der Waals surface area contributed by atoms with Gasteiger partial charge in [0.15, 0.2) is 11.8 Å². The summed E-state index contributed by atoms with van der Waals surface area (Å²) in [4.78, 5) is 15.6.